The standard InChI is InChI=1S/C17H18N2/c1-12-7-5-9-16(14(12)3)18-11-19-17-10-6-8-13(2)15(17)4/h5-10H,1-4H3. The predicted molar refractivity (Wildman–Crippen MR) is 81.0 cm³/mol. The molecule has 0 amide bonds. The maximum atomic E-state index is 4.32. The van der Waals surface area contributed by atoms with Crippen molar-refractivity contribution in [3.05, 3.63) is 58.7 Å². The van der Waals surface area contributed by atoms with E-state index < -0.39 is 0 Å². The van der Waals surface area contributed by atoms with Crippen LogP contribution >= 0.6 is 0 Å². The molecule has 0 aliphatic heterocycles. The Morgan fingerprint density at radius 1 is 0.684 bits per heavy atom. The van der Waals surface area contributed by atoms with Gasteiger partial charge in [-0.3, -0.25) is 0 Å². The van der Waals surface area contributed by atoms with Gasteiger partial charge in [0.25, 0.3) is 0 Å². The molecule has 0 aliphatic carbocycles. The highest BCUT2D eigenvalue weighted by Gasteiger charge is 1.98. The molecule has 0 saturated heterocycles. The van der Waals surface area contributed by atoms with Crippen LogP contribution < -0.4 is 0 Å². The zero-order chi connectivity index (χ0) is 13.8. The molecule has 0 fully saturated rings. The van der Waals surface area contributed by atoms with Gasteiger partial charge < -0.3 is 0 Å². The third kappa shape index (κ3) is 2.98. The molecule has 0 aliphatic rings. The molecule has 0 unspecified atom stereocenters. The Balaban J connectivity index is 2.34. The average Bonchev–Trinajstić information content (AvgIpc) is 2.39. The van der Waals surface area contributed by atoms with Gasteiger partial charge in [-0.15, -0.1) is 0 Å². The highest BCUT2D eigenvalue weighted by atomic mass is 14.8. The first-order valence-corrected chi connectivity index (χ1v) is 6.38. The van der Waals surface area contributed by atoms with Gasteiger partial charge in [0, 0.05) is 0 Å². The number of aryl methyl sites for hydroxylation is 2. The van der Waals surface area contributed by atoms with Crippen molar-refractivity contribution in [2.45, 2.75) is 27.7 Å². The predicted octanol–water partition coefficient (Wildman–Crippen LogP) is 5.06. The number of nitrogens with zero attached hydrogens (tertiary/aromatic N) is 2. The van der Waals surface area contributed by atoms with E-state index in [4.69, 9.17) is 0 Å². The minimum absolute atomic E-state index is 0.925. The Morgan fingerprint density at radius 2 is 1.11 bits per heavy atom. The highest BCUT2D eigenvalue weighted by molar-refractivity contribution is 5.62. The first-order chi connectivity index (χ1) is 9.09. The van der Waals surface area contributed by atoms with Crippen molar-refractivity contribution in [2.75, 3.05) is 0 Å². The van der Waals surface area contributed by atoms with Gasteiger partial charge in [-0.1, -0.05) is 24.3 Å². The maximum absolute atomic E-state index is 4.32. The van der Waals surface area contributed by atoms with Crippen molar-refractivity contribution in [1.29, 1.82) is 0 Å². The van der Waals surface area contributed by atoms with Gasteiger partial charge in [-0.05, 0) is 62.1 Å². The molecule has 2 aromatic carbocycles. The van der Waals surface area contributed by atoms with Crippen molar-refractivity contribution in [3.63, 3.8) is 0 Å². The summed E-state index contributed by atoms with van der Waals surface area (Å²) in [6.45, 7) is 8.29. The molecule has 0 atom stereocenters. The van der Waals surface area contributed by atoms with Gasteiger partial charge in [0.1, 0.15) is 6.01 Å². The second-order valence-electron chi connectivity index (χ2n) is 4.76. The van der Waals surface area contributed by atoms with Crippen LogP contribution in [0.25, 0.3) is 0 Å². The summed E-state index contributed by atoms with van der Waals surface area (Å²) in [5.41, 5.74) is 6.66. The molecule has 0 radical (unpaired) electrons. The molecule has 0 N–H and O–H groups in total. The van der Waals surface area contributed by atoms with Crippen LogP contribution in [0.1, 0.15) is 22.3 Å². The van der Waals surface area contributed by atoms with Gasteiger partial charge in [0.15, 0.2) is 0 Å². The Bertz CT molecular complexity index is 607. The van der Waals surface area contributed by atoms with Crippen LogP contribution in [0.3, 0.4) is 0 Å². The summed E-state index contributed by atoms with van der Waals surface area (Å²) >= 11 is 0. The van der Waals surface area contributed by atoms with Crippen molar-refractivity contribution >= 4 is 17.4 Å². The molecule has 0 spiro atoms. The third-order valence-corrected chi connectivity index (χ3v) is 3.49. The molecule has 2 nitrogen and oxygen atoms in total. The molecule has 0 bridgehead atoms. The summed E-state index contributed by atoms with van der Waals surface area (Å²) in [6, 6.07) is 14.9. The fourth-order valence-corrected chi connectivity index (χ4v) is 1.85. The smallest absolute Gasteiger partial charge is 0.100 e. The molecule has 0 saturated carbocycles. The SMILES string of the molecule is Cc1cccc(N=C=Nc2cccc(C)c2C)c1C. The molecule has 19 heavy (non-hydrogen) atoms. The number of benzene rings is 2. The summed E-state index contributed by atoms with van der Waals surface area (Å²) in [5, 5.41) is 0. The van der Waals surface area contributed by atoms with E-state index in [1.807, 2.05) is 24.3 Å². The number of rotatable bonds is 2. The topological polar surface area (TPSA) is 24.7 Å². The second kappa shape index (κ2) is 5.64. The molecular formula is C17H18N2. The molecule has 0 aromatic heterocycles. The summed E-state index contributed by atoms with van der Waals surface area (Å²) in [5.74, 6) is 0. The van der Waals surface area contributed by atoms with E-state index in [1.54, 1.807) is 0 Å². The normalized spacial score (nSPS) is 9.89. The van der Waals surface area contributed by atoms with E-state index in [1.165, 1.54) is 22.3 Å². The third-order valence-electron chi connectivity index (χ3n) is 3.49. The fraction of sp³-hybridized carbons (Fsp3) is 0.235. The Labute approximate surface area is 114 Å². The lowest BCUT2D eigenvalue weighted by atomic mass is 10.1. The van der Waals surface area contributed by atoms with Crippen LogP contribution in [0.4, 0.5) is 11.4 Å². The van der Waals surface area contributed by atoms with Crippen LogP contribution in [0.5, 0.6) is 0 Å². The van der Waals surface area contributed by atoms with Crippen LogP contribution in [-0.4, -0.2) is 6.01 Å². The van der Waals surface area contributed by atoms with E-state index in [-0.39, 0.29) is 0 Å². The number of aliphatic imine (C=N–C) groups is 2. The van der Waals surface area contributed by atoms with E-state index >= 15 is 0 Å². The summed E-state index contributed by atoms with van der Waals surface area (Å²) in [6.07, 6.45) is 0. The van der Waals surface area contributed by atoms with Crippen molar-refractivity contribution in [2.24, 2.45) is 9.98 Å². The minimum atomic E-state index is 0.925. The lowest BCUT2D eigenvalue weighted by Gasteiger charge is -2.02. The Hall–Kier alpha value is -2.18. The van der Waals surface area contributed by atoms with Crippen LogP contribution in [0.15, 0.2) is 46.4 Å². The first kappa shape index (κ1) is 13.3. The minimum Gasteiger partial charge on any atom is -0.187 e. The lowest BCUT2D eigenvalue weighted by molar-refractivity contribution is 1.30. The number of hydrogen-bond acceptors (Lipinski definition) is 2. The van der Waals surface area contributed by atoms with E-state index in [2.05, 4.69) is 55.8 Å². The summed E-state index contributed by atoms with van der Waals surface area (Å²) in [7, 11) is 0. The molecule has 2 heteroatoms. The molecule has 0 heterocycles. The fourth-order valence-electron chi connectivity index (χ4n) is 1.85. The maximum Gasteiger partial charge on any atom is 0.100 e. The monoisotopic (exact) mass is 250 g/mol. The zero-order valence-electron chi connectivity index (χ0n) is 11.9. The average molecular weight is 250 g/mol. The van der Waals surface area contributed by atoms with Crippen molar-refractivity contribution in [1.82, 2.24) is 0 Å². The molecule has 2 aromatic rings. The second-order valence-corrected chi connectivity index (χ2v) is 4.76. The van der Waals surface area contributed by atoms with E-state index in [0.29, 0.717) is 0 Å². The Kier molecular flexibility index (Phi) is 3.94. The van der Waals surface area contributed by atoms with Gasteiger partial charge in [-0.25, -0.2) is 0 Å². The van der Waals surface area contributed by atoms with Crippen LogP contribution in [0, 0.1) is 27.7 Å². The van der Waals surface area contributed by atoms with E-state index in [9.17, 15) is 0 Å². The largest absolute Gasteiger partial charge is 0.187 e. The molecule has 96 valence electrons. The van der Waals surface area contributed by atoms with Gasteiger partial charge >= 0.3 is 0 Å². The van der Waals surface area contributed by atoms with Crippen LogP contribution in [-0.2, 0) is 0 Å². The van der Waals surface area contributed by atoms with E-state index in [0.717, 1.165) is 11.4 Å². The molecular weight excluding hydrogens is 232 g/mol. The zero-order valence-corrected chi connectivity index (χ0v) is 11.9. The van der Waals surface area contributed by atoms with Gasteiger partial charge in [0.05, 0.1) is 11.4 Å². The first-order valence-electron chi connectivity index (χ1n) is 6.38. The highest BCUT2D eigenvalue weighted by Crippen LogP contribution is 2.22. The van der Waals surface area contributed by atoms with Crippen molar-refractivity contribution < 1.29 is 0 Å². The van der Waals surface area contributed by atoms with Crippen LogP contribution in [0.2, 0.25) is 0 Å². The quantitative estimate of drug-likeness (QED) is 0.666. The number of hydrogen-bond donors (Lipinski definition) is 0. The van der Waals surface area contributed by atoms with Gasteiger partial charge in [0.2, 0.25) is 0 Å². The lowest BCUT2D eigenvalue weighted by Crippen LogP contribution is -1.80. The Morgan fingerprint density at radius 3 is 1.53 bits per heavy atom. The summed E-state index contributed by atoms with van der Waals surface area (Å²) in [4.78, 5) is 8.63. The van der Waals surface area contributed by atoms with Gasteiger partial charge in [-0.2, -0.15) is 9.98 Å². The van der Waals surface area contributed by atoms with Crippen molar-refractivity contribution in [3.8, 4) is 0 Å². The summed E-state index contributed by atoms with van der Waals surface area (Å²) < 4.78 is 0. The molecule has 2 rings (SSSR count).